The fraction of sp³-hybridized carbons (Fsp3) is 0.409. The number of nitrogens with zero attached hydrogens (tertiary/aromatic N) is 1. The summed E-state index contributed by atoms with van der Waals surface area (Å²) in [5.41, 5.74) is 3.25. The number of ether oxygens (including phenoxy) is 2. The number of carbonyl (C=O) groups excluding carboxylic acids is 1. The molecule has 0 saturated heterocycles. The number of rotatable bonds is 3. The van der Waals surface area contributed by atoms with Gasteiger partial charge in [0.25, 0.3) is 0 Å². The van der Waals surface area contributed by atoms with Crippen LogP contribution in [0, 0.1) is 0 Å². The van der Waals surface area contributed by atoms with Crippen LogP contribution in [0.1, 0.15) is 43.1 Å². The van der Waals surface area contributed by atoms with Crippen LogP contribution in [0.15, 0.2) is 24.3 Å². The Kier molecular flexibility index (Phi) is 5.11. The van der Waals surface area contributed by atoms with Gasteiger partial charge in [0, 0.05) is 22.8 Å². The zero-order valence-electron chi connectivity index (χ0n) is 16.4. The normalized spacial score (nSPS) is 20.7. The van der Waals surface area contributed by atoms with E-state index in [9.17, 15) is 4.79 Å². The molecular formula is C22H25ClN2O3. The Bertz CT molecular complexity index is 1010. The van der Waals surface area contributed by atoms with Crippen LogP contribution in [-0.4, -0.2) is 41.1 Å². The lowest BCUT2D eigenvalue weighted by Gasteiger charge is -2.36. The van der Waals surface area contributed by atoms with Gasteiger partial charge < -0.3 is 14.5 Å². The van der Waals surface area contributed by atoms with Gasteiger partial charge in [0.05, 0.1) is 18.6 Å². The van der Waals surface area contributed by atoms with Crippen molar-refractivity contribution in [3.05, 3.63) is 51.7 Å². The van der Waals surface area contributed by atoms with E-state index >= 15 is 0 Å². The van der Waals surface area contributed by atoms with Crippen LogP contribution in [0.25, 0.3) is 12.2 Å². The van der Waals surface area contributed by atoms with Crippen molar-refractivity contribution in [3.8, 4) is 5.75 Å². The summed E-state index contributed by atoms with van der Waals surface area (Å²) >= 11 is 6.37. The monoisotopic (exact) mass is 400 g/mol. The lowest BCUT2D eigenvalue weighted by molar-refractivity contribution is 0.0654. The number of halogens is 1. The summed E-state index contributed by atoms with van der Waals surface area (Å²) < 4.78 is 11.0. The van der Waals surface area contributed by atoms with Gasteiger partial charge in [-0.15, -0.1) is 11.6 Å². The first-order valence-electron chi connectivity index (χ1n) is 9.66. The van der Waals surface area contributed by atoms with E-state index < -0.39 is 0 Å². The molecule has 1 aliphatic heterocycles. The summed E-state index contributed by atoms with van der Waals surface area (Å²) in [6, 6.07) is 7.60. The smallest absolute Gasteiger partial charge is 0.410 e. The van der Waals surface area contributed by atoms with E-state index in [2.05, 4.69) is 17.1 Å². The van der Waals surface area contributed by atoms with Gasteiger partial charge in [-0.25, -0.2) is 4.79 Å². The Labute approximate surface area is 169 Å². The van der Waals surface area contributed by atoms with E-state index in [-0.39, 0.29) is 23.6 Å². The van der Waals surface area contributed by atoms with E-state index in [0.717, 1.165) is 35.2 Å². The van der Waals surface area contributed by atoms with Gasteiger partial charge in [-0.1, -0.05) is 24.3 Å². The molecule has 28 heavy (non-hydrogen) atoms. The van der Waals surface area contributed by atoms with E-state index in [0.29, 0.717) is 6.54 Å². The molecule has 2 heterocycles. The number of fused-ring (bicyclic) bond motifs is 3. The van der Waals surface area contributed by atoms with Crippen LogP contribution in [-0.2, 0) is 11.2 Å². The lowest BCUT2D eigenvalue weighted by atomic mass is 9.92. The van der Waals surface area contributed by atoms with Gasteiger partial charge in [0.1, 0.15) is 11.8 Å². The molecule has 1 amide bonds. The number of aromatic nitrogens is 1. The Hall–Kier alpha value is -2.40. The third-order valence-electron chi connectivity index (χ3n) is 5.27. The maximum atomic E-state index is 12.9. The number of alkyl halides is 1. The summed E-state index contributed by atoms with van der Waals surface area (Å²) in [4.78, 5) is 18.2. The van der Waals surface area contributed by atoms with E-state index in [1.165, 1.54) is 10.8 Å². The molecule has 1 aromatic carbocycles. The molecule has 2 atom stereocenters. The molecule has 0 radical (unpaired) electrons. The highest BCUT2D eigenvalue weighted by Crippen LogP contribution is 2.34. The highest BCUT2D eigenvalue weighted by molar-refractivity contribution is 6.24. The molecule has 148 valence electrons. The van der Waals surface area contributed by atoms with Crippen molar-refractivity contribution in [2.75, 3.05) is 13.7 Å². The van der Waals surface area contributed by atoms with Crippen molar-refractivity contribution in [1.29, 1.82) is 0 Å². The van der Waals surface area contributed by atoms with Crippen molar-refractivity contribution in [2.24, 2.45) is 0 Å². The van der Waals surface area contributed by atoms with Gasteiger partial charge >= 0.3 is 6.09 Å². The van der Waals surface area contributed by atoms with Crippen LogP contribution >= 0.6 is 11.6 Å². The Balaban J connectivity index is 1.86. The molecule has 0 spiro atoms. The highest BCUT2D eigenvalue weighted by Gasteiger charge is 2.35. The Morgan fingerprint density at radius 1 is 1.36 bits per heavy atom. The highest BCUT2D eigenvalue weighted by atomic mass is 35.5. The van der Waals surface area contributed by atoms with Crippen LogP contribution in [0.3, 0.4) is 0 Å². The van der Waals surface area contributed by atoms with E-state index in [1.807, 2.05) is 38.1 Å². The standard InChI is InChI=1S/C22H25ClN2O3/c1-13(2)28-22(26)25-10-9-17-18-12-15(23)7-8-19(18)24-20(17)21(25)14-5-4-6-16(11-14)27-3/h4-6,8,11-13,15,21,24H,7,9-10H2,1-3H3. The average molecular weight is 401 g/mol. The predicted octanol–water partition coefficient (Wildman–Crippen LogP) is 3.09. The first-order valence-corrected chi connectivity index (χ1v) is 10.1. The maximum Gasteiger partial charge on any atom is 0.410 e. The minimum Gasteiger partial charge on any atom is -0.497 e. The van der Waals surface area contributed by atoms with Crippen molar-refractivity contribution in [3.63, 3.8) is 0 Å². The van der Waals surface area contributed by atoms with Gasteiger partial charge in [0.2, 0.25) is 0 Å². The number of hydrogen-bond donors (Lipinski definition) is 1. The van der Waals surface area contributed by atoms with Crippen molar-refractivity contribution < 1.29 is 14.3 Å². The molecule has 0 bridgehead atoms. The summed E-state index contributed by atoms with van der Waals surface area (Å²) in [6.45, 7) is 4.32. The fourth-order valence-electron chi connectivity index (χ4n) is 4.07. The predicted molar refractivity (Wildman–Crippen MR) is 110 cm³/mol. The number of benzene rings is 1. The number of H-pyrrole nitrogens is 1. The molecule has 2 aliphatic rings. The molecule has 1 N–H and O–H groups in total. The lowest BCUT2D eigenvalue weighted by Crippen LogP contribution is -2.42. The second-order valence-corrected chi connectivity index (χ2v) is 8.08. The molecular weight excluding hydrogens is 376 g/mol. The number of methoxy groups -OCH3 is 1. The third kappa shape index (κ3) is 3.39. The first kappa shape index (κ1) is 18.9. The third-order valence-corrected chi connectivity index (χ3v) is 5.58. The zero-order chi connectivity index (χ0) is 19.8. The molecule has 0 fully saturated rings. The minimum atomic E-state index is -0.302. The molecule has 4 rings (SSSR count). The van der Waals surface area contributed by atoms with Crippen LogP contribution in [0.4, 0.5) is 4.79 Å². The van der Waals surface area contributed by atoms with E-state index in [4.69, 9.17) is 21.1 Å². The van der Waals surface area contributed by atoms with Gasteiger partial charge in [-0.3, -0.25) is 4.90 Å². The fourth-order valence-corrected chi connectivity index (χ4v) is 4.29. The zero-order valence-corrected chi connectivity index (χ0v) is 17.1. The summed E-state index contributed by atoms with van der Waals surface area (Å²) in [7, 11) is 1.65. The summed E-state index contributed by atoms with van der Waals surface area (Å²) in [5.74, 6) is 0.761. The summed E-state index contributed by atoms with van der Waals surface area (Å²) in [5, 5.41) is 2.27. The number of aromatic amines is 1. The van der Waals surface area contributed by atoms with Crippen LogP contribution in [0.5, 0.6) is 5.75 Å². The quantitative estimate of drug-likeness (QED) is 0.805. The number of nitrogens with one attached hydrogen (secondary N) is 1. The van der Waals surface area contributed by atoms with Crippen LogP contribution in [0.2, 0.25) is 0 Å². The Morgan fingerprint density at radius 2 is 2.18 bits per heavy atom. The van der Waals surface area contributed by atoms with Gasteiger partial charge in [-0.05, 0) is 49.9 Å². The molecule has 1 aliphatic carbocycles. The van der Waals surface area contributed by atoms with Crippen molar-refractivity contribution in [2.45, 2.75) is 44.2 Å². The van der Waals surface area contributed by atoms with Crippen molar-refractivity contribution >= 4 is 29.8 Å². The molecule has 1 aromatic heterocycles. The van der Waals surface area contributed by atoms with Gasteiger partial charge in [-0.2, -0.15) is 0 Å². The maximum absolute atomic E-state index is 12.9. The first-order chi connectivity index (χ1) is 13.5. The SMILES string of the molecule is COc1cccc(C2c3[nH]c4c(c3CCN2C(=O)OC(C)C)=CC(Cl)CC=4)c1. The summed E-state index contributed by atoms with van der Waals surface area (Å²) in [6.07, 6.45) is 5.36. The van der Waals surface area contributed by atoms with Gasteiger partial charge in [0.15, 0.2) is 0 Å². The largest absolute Gasteiger partial charge is 0.497 e. The minimum absolute atomic E-state index is 0.00612. The average Bonchev–Trinajstić information content (AvgIpc) is 3.04. The molecule has 0 saturated carbocycles. The number of carbonyl (C=O) groups is 1. The topological polar surface area (TPSA) is 54.6 Å². The van der Waals surface area contributed by atoms with Crippen molar-refractivity contribution in [1.82, 2.24) is 9.88 Å². The Morgan fingerprint density at radius 3 is 2.93 bits per heavy atom. The molecule has 2 aromatic rings. The van der Waals surface area contributed by atoms with E-state index in [1.54, 1.807) is 12.0 Å². The number of amides is 1. The van der Waals surface area contributed by atoms with Crippen LogP contribution < -0.4 is 15.3 Å². The number of hydrogen-bond acceptors (Lipinski definition) is 3. The molecule has 6 heteroatoms. The second-order valence-electron chi connectivity index (χ2n) is 7.52. The molecule has 2 unspecified atom stereocenters. The second kappa shape index (κ2) is 7.55. The molecule has 5 nitrogen and oxygen atoms in total.